The molecule has 126 valence electrons. The van der Waals surface area contributed by atoms with Crippen LogP contribution < -0.4 is 5.32 Å². The van der Waals surface area contributed by atoms with Crippen LogP contribution in [-0.4, -0.2) is 18.7 Å². The van der Waals surface area contributed by atoms with Crippen molar-refractivity contribution in [2.24, 2.45) is 5.16 Å². The van der Waals surface area contributed by atoms with Crippen LogP contribution in [0.25, 0.3) is 0 Å². The first kappa shape index (κ1) is 17.5. The van der Waals surface area contributed by atoms with E-state index in [1.807, 2.05) is 31.2 Å². The zero-order valence-electron chi connectivity index (χ0n) is 12.8. The van der Waals surface area contributed by atoms with Crippen molar-refractivity contribution in [1.82, 2.24) is 0 Å². The molecule has 7 heteroatoms. The Morgan fingerprint density at radius 1 is 1.17 bits per heavy atom. The Morgan fingerprint density at radius 3 is 2.50 bits per heavy atom. The molecule has 0 saturated heterocycles. The summed E-state index contributed by atoms with van der Waals surface area (Å²) >= 11 is 0. The van der Waals surface area contributed by atoms with Gasteiger partial charge in [-0.05, 0) is 24.6 Å². The topological polar surface area (TPSA) is 50.7 Å². The minimum absolute atomic E-state index is 0.318. The third-order valence-corrected chi connectivity index (χ3v) is 3.06. The minimum Gasteiger partial charge on any atom is -0.386 e. The number of aryl methyl sites for hydroxylation is 1. The van der Waals surface area contributed by atoms with Crippen LogP contribution in [0.15, 0.2) is 53.7 Å². The lowest BCUT2D eigenvalue weighted by Crippen LogP contribution is -2.20. The molecule has 0 atom stereocenters. The van der Waals surface area contributed by atoms with Gasteiger partial charge < -0.3 is 10.2 Å². The van der Waals surface area contributed by atoms with Gasteiger partial charge in [0.2, 0.25) is 0 Å². The summed E-state index contributed by atoms with van der Waals surface area (Å²) in [6, 6.07) is 12.2. The third-order valence-electron chi connectivity index (χ3n) is 3.06. The fourth-order valence-electron chi connectivity index (χ4n) is 1.87. The summed E-state index contributed by atoms with van der Waals surface area (Å²) in [6.45, 7) is 1.45. The van der Waals surface area contributed by atoms with E-state index in [4.69, 9.17) is 4.84 Å². The number of anilines is 1. The van der Waals surface area contributed by atoms with Gasteiger partial charge in [-0.2, -0.15) is 13.2 Å². The second kappa shape index (κ2) is 7.63. The number of carbonyl (C=O) groups is 1. The molecule has 0 bridgehead atoms. The van der Waals surface area contributed by atoms with Crippen LogP contribution in [0, 0.1) is 6.92 Å². The lowest BCUT2D eigenvalue weighted by molar-refractivity contribution is -0.137. The van der Waals surface area contributed by atoms with Crippen LogP contribution in [0.3, 0.4) is 0 Å². The smallest absolute Gasteiger partial charge is 0.386 e. The van der Waals surface area contributed by atoms with Crippen LogP contribution >= 0.6 is 0 Å². The quantitative estimate of drug-likeness (QED) is 0.663. The van der Waals surface area contributed by atoms with Gasteiger partial charge in [0, 0.05) is 0 Å². The maximum Gasteiger partial charge on any atom is 0.418 e. The standard InChI is InChI=1S/C17H15F3N2O2/c1-12-6-8-13(9-7-12)10-21-24-11-16(23)22-15-5-3-2-4-14(15)17(18,19)20/h2-10H,11H2,1H3,(H,22,23)/b21-10-. The lowest BCUT2D eigenvalue weighted by Gasteiger charge is -2.12. The molecule has 0 radical (unpaired) electrons. The van der Waals surface area contributed by atoms with E-state index >= 15 is 0 Å². The molecule has 1 amide bonds. The Labute approximate surface area is 136 Å². The number of nitrogens with one attached hydrogen (secondary N) is 1. The van der Waals surface area contributed by atoms with Crippen molar-refractivity contribution in [3.8, 4) is 0 Å². The van der Waals surface area contributed by atoms with Gasteiger partial charge in [-0.25, -0.2) is 0 Å². The van der Waals surface area contributed by atoms with E-state index in [2.05, 4.69) is 10.5 Å². The molecule has 2 rings (SSSR count). The zero-order chi connectivity index (χ0) is 17.6. The molecule has 0 aliphatic carbocycles. The molecule has 0 heterocycles. The molecular weight excluding hydrogens is 321 g/mol. The summed E-state index contributed by atoms with van der Waals surface area (Å²) in [4.78, 5) is 16.5. The van der Waals surface area contributed by atoms with Crippen molar-refractivity contribution in [1.29, 1.82) is 0 Å². The molecule has 0 unspecified atom stereocenters. The van der Waals surface area contributed by atoms with E-state index in [0.29, 0.717) is 0 Å². The fraction of sp³-hybridized carbons (Fsp3) is 0.176. The van der Waals surface area contributed by atoms with Crippen molar-refractivity contribution in [2.75, 3.05) is 11.9 Å². The number of halogens is 3. The number of carbonyl (C=O) groups excluding carboxylic acids is 1. The summed E-state index contributed by atoms with van der Waals surface area (Å²) in [5, 5.41) is 5.78. The Hall–Kier alpha value is -2.83. The lowest BCUT2D eigenvalue weighted by atomic mass is 10.1. The van der Waals surface area contributed by atoms with Crippen molar-refractivity contribution in [3.05, 3.63) is 65.2 Å². The van der Waals surface area contributed by atoms with E-state index in [1.165, 1.54) is 24.4 Å². The van der Waals surface area contributed by atoms with E-state index in [0.717, 1.165) is 17.2 Å². The van der Waals surface area contributed by atoms with E-state index in [9.17, 15) is 18.0 Å². The molecule has 24 heavy (non-hydrogen) atoms. The van der Waals surface area contributed by atoms with Crippen LogP contribution in [0.4, 0.5) is 18.9 Å². The highest BCUT2D eigenvalue weighted by atomic mass is 19.4. The van der Waals surface area contributed by atoms with Crippen LogP contribution in [0.1, 0.15) is 16.7 Å². The largest absolute Gasteiger partial charge is 0.418 e. The highest BCUT2D eigenvalue weighted by Crippen LogP contribution is 2.34. The molecule has 0 saturated carbocycles. The number of oxime groups is 1. The number of hydrogen-bond donors (Lipinski definition) is 1. The highest BCUT2D eigenvalue weighted by Gasteiger charge is 2.33. The van der Waals surface area contributed by atoms with Gasteiger partial charge >= 0.3 is 6.18 Å². The van der Waals surface area contributed by atoms with Crippen LogP contribution in [-0.2, 0) is 15.8 Å². The molecule has 2 aromatic carbocycles. The average Bonchev–Trinajstić information content (AvgIpc) is 2.53. The molecule has 2 aromatic rings. The number of hydrogen-bond acceptors (Lipinski definition) is 3. The Balaban J connectivity index is 1.89. The average molecular weight is 336 g/mol. The van der Waals surface area contributed by atoms with Crippen molar-refractivity contribution < 1.29 is 22.8 Å². The predicted molar refractivity (Wildman–Crippen MR) is 84.8 cm³/mol. The molecule has 4 nitrogen and oxygen atoms in total. The predicted octanol–water partition coefficient (Wildman–Crippen LogP) is 4.00. The summed E-state index contributed by atoms with van der Waals surface area (Å²) in [5.41, 5.74) is 0.641. The monoisotopic (exact) mass is 336 g/mol. The molecule has 0 fully saturated rings. The van der Waals surface area contributed by atoms with Crippen LogP contribution in [0.5, 0.6) is 0 Å². The first-order valence-corrected chi connectivity index (χ1v) is 7.04. The zero-order valence-corrected chi connectivity index (χ0v) is 12.8. The van der Waals surface area contributed by atoms with Crippen molar-refractivity contribution in [2.45, 2.75) is 13.1 Å². The SMILES string of the molecule is Cc1ccc(/C=N\OCC(=O)Nc2ccccc2C(F)(F)F)cc1. The molecule has 0 aliphatic rings. The molecule has 0 aliphatic heterocycles. The number of rotatable bonds is 5. The molecule has 0 aromatic heterocycles. The summed E-state index contributed by atoms with van der Waals surface area (Å²) in [7, 11) is 0. The van der Waals surface area contributed by atoms with Gasteiger partial charge in [0.1, 0.15) is 0 Å². The van der Waals surface area contributed by atoms with Crippen molar-refractivity contribution >= 4 is 17.8 Å². The van der Waals surface area contributed by atoms with E-state index in [1.54, 1.807) is 0 Å². The van der Waals surface area contributed by atoms with E-state index in [-0.39, 0.29) is 5.69 Å². The second-order valence-electron chi connectivity index (χ2n) is 5.01. The first-order valence-electron chi connectivity index (χ1n) is 7.04. The summed E-state index contributed by atoms with van der Waals surface area (Å²) in [6.07, 6.45) is -3.13. The third kappa shape index (κ3) is 5.12. The number of amides is 1. The van der Waals surface area contributed by atoms with E-state index < -0.39 is 24.3 Å². The van der Waals surface area contributed by atoms with Gasteiger partial charge in [0.15, 0.2) is 6.61 Å². The number of para-hydroxylation sites is 1. The van der Waals surface area contributed by atoms with Gasteiger partial charge in [-0.1, -0.05) is 47.1 Å². The van der Waals surface area contributed by atoms with Gasteiger partial charge in [-0.3, -0.25) is 4.79 Å². The van der Waals surface area contributed by atoms with Gasteiger partial charge in [0.25, 0.3) is 5.91 Å². The molecule has 0 spiro atoms. The fourth-order valence-corrected chi connectivity index (χ4v) is 1.87. The molecular formula is C17H15F3N2O2. The Morgan fingerprint density at radius 2 is 1.83 bits per heavy atom. The van der Waals surface area contributed by atoms with Crippen LogP contribution in [0.2, 0.25) is 0 Å². The summed E-state index contributed by atoms with van der Waals surface area (Å²) < 4.78 is 38.4. The number of nitrogens with zero attached hydrogens (tertiary/aromatic N) is 1. The van der Waals surface area contributed by atoms with Gasteiger partial charge in [-0.15, -0.1) is 0 Å². The Bertz CT molecular complexity index is 725. The number of alkyl halides is 3. The highest BCUT2D eigenvalue weighted by molar-refractivity contribution is 5.92. The Kier molecular flexibility index (Phi) is 5.57. The normalized spacial score (nSPS) is 11.5. The second-order valence-corrected chi connectivity index (χ2v) is 5.01. The first-order chi connectivity index (χ1) is 11.4. The molecule has 1 N–H and O–H groups in total. The number of benzene rings is 2. The van der Waals surface area contributed by atoms with Crippen molar-refractivity contribution in [3.63, 3.8) is 0 Å². The maximum atomic E-state index is 12.8. The minimum atomic E-state index is -4.55. The van der Waals surface area contributed by atoms with Gasteiger partial charge in [0.05, 0.1) is 17.5 Å². The summed E-state index contributed by atoms with van der Waals surface area (Å²) in [5.74, 6) is -0.729. The maximum absolute atomic E-state index is 12.8.